The second-order valence-electron chi connectivity index (χ2n) is 4.59. The van der Waals surface area contributed by atoms with Crippen molar-refractivity contribution in [3.05, 3.63) is 30.3 Å². The number of nitrogens with one attached hydrogen (secondary N) is 2. The molecule has 114 valence electrons. The van der Waals surface area contributed by atoms with E-state index in [9.17, 15) is 18.0 Å². The van der Waals surface area contributed by atoms with Gasteiger partial charge in [0, 0.05) is 26.1 Å². The predicted octanol–water partition coefficient (Wildman–Crippen LogP) is 0.297. The molecule has 1 saturated heterocycles. The average Bonchev–Trinajstić information content (AvgIpc) is 2.90. The van der Waals surface area contributed by atoms with E-state index in [1.165, 1.54) is 12.1 Å². The molecule has 3 amide bonds. The fourth-order valence-electron chi connectivity index (χ4n) is 2.00. The van der Waals surface area contributed by atoms with Gasteiger partial charge in [-0.25, -0.2) is 17.9 Å². The molecule has 0 aromatic heterocycles. The lowest BCUT2D eigenvalue weighted by Crippen LogP contribution is -2.43. The molecule has 1 aromatic carbocycles. The Morgan fingerprint density at radius 1 is 1.19 bits per heavy atom. The van der Waals surface area contributed by atoms with Crippen molar-refractivity contribution in [3.8, 4) is 0 Å². The third kappa shape index (κ3) is 4.02. The van der Waals surface area contributed by atoms with Crippen LogP contribution in [-0.4, -0.2) is 44.9 Å². The van der Waals surface area contributed by atoms with Crippen molar-refractivity contribution < 1.29 is 18.0 Å². The van der Waals surface area contributed by atoms with E-state index in [2.05, 4.69) is 10.0 Å². The first-order valence-electron chi connectivity index (χ1n) is 6.63. The summed E-state index contributed by atoms with van der Waals surface area (Å²) in [7, 11) is -3.57. The fourth-order valence-corrected chi connectivity index (χ4v) is 3.05. The average molecular weight is 311 g/mol. The fraction of sp³-hybridized carbons (Fsp3) is 0.385. The van der Waals surface area contributed by atoms with Gasteiger partial charge in [0.2, 0.25) is 15.9 Å². The normalized spacial score (nSPS) is 15.2. The lowest BCUT2D eigenvalue weighted by molar-refractivity contribution is -0.125. The van der Waals surface area contributed by atoms with Crippen LogP contribution in [0, 0.1) is 0 Å². The summed E-state index contributed by atoms with van der Waals surface area (Å²) in [5.74, 6) is -0.197. The van der Waals surface area contributed by atoms with Gasteiger partial charge in [0.05, 0.1) is 4.90 Å². The number of sulfonamides is 1. The SMILES string of the molecule is O=C1CCCN1C(=O)NCCNS(=O)(=O)c1ccccc1. The van der Waals surface area contributed by atoms with Gasteiger partial charge in [0.1, 0.15) is 0 Å². The Hall–Kier alpha value is -1.93. The zero-order chi connectivity index (χ0) is 15.3. The molecule has 0 atom stereocenters. The number of imide groups is 1. The van der Waals surface area contributed by atoms with Gasteiger partial charge in [-0.1, -0.05) is 18.2 Å². The number of benzene rings is 1. The smallest absolute Gasteiger partial charge is 0.324 e. The van der Waals surface area contributed by atoms with Crippen LogP contribution in [0.2, 0.25) is 0 Å². The van der Waals surface area contributed by atoms with E-state index in [-0.39, 0.29) is 23.9 Å². The standard InChI is InChI=1S/C13H17N3O4S/c17-12-7-4-10-16(12)13(18)14-8-9-15-21(19,20)11-5-2-1-3-6-11/h1-3,5-6,15H,4,7-10H2,(H,14,18). The lowest BCUT2D eigenvalue weighted by atomic mass is 10.4. The first-order valence-corrected chi connectivity index (χ1v) is 8.12. The molecule has 21 heavy (non-hydrogen) atoms. The van der Waals surface area contributed by atoms with Crippen LogP contribution >= 0.6 is 0 Å². The van der Waals surface area contributed by atoms with Crippen molar-refractivity contribution >= 4 is 22.0 Å². The zero-order valence-electron chi connectivity index (χ0n) is 11.4. The van der Waals surface area contributed by atoms with Crippen LogP contribution in [0.25, 0.3) is 0 Å². The number of urea groups is 1. The maximum atomic E-state index is 11.9. The molecule has 0 unspecified atom stereocenters. The zero-order valence-corrected chi connectivity index (χ0v) is 12.2. The summed E-state index contributed by atoms with van der Waals surface area (Å²) in [6, 6.07) is 7.50. The van der Waals surface area contributed by atoms with Crippen LogP contribution in [0.5, 0.6) is 0 Å². The molecular weight excluding hydrogens is 294 g/mol. The van der Waals surface area contributed by atoms with Crippen molar-refractivity contribution in [2.75, 3.05) is 19.6 Å². The van der Waals surface area contributed by atoms with E-state index in [1.54, 1.807) is 18.2 Å². The lowest BCUT2D eigenvalue weighted by Gasteiger charge is -2.14. The third-order valence-corrected chi connectivity index (χ3v) is 4.54. The van der Waals surface area contributed by atoms with Crippen LogP contribution in [0.4, 0.5) is 4.79 Å². The van der Waals surface area contributed by atoms with Gasteiger partial charge >= 0.3 is 6.03 Å². The highest BCUT2D eigenvalue weighted by atomic mass is 32.2. The van der Waals surface area contributed by atoms with Crippen LogP contribution in [0.3, 0.4) is 0 Å². The summed E-state index contributed by atoms with van der Waals surface area (Å²) >= 11 is 0. The van der Waals surface area contributed by atoms with Gasteiger partial charge in [-0.05, 0) is 18.6 Å². The van der Waals surface area contributed by atoms with E-state index < -0.39 is 16.1 Å². The Bertz CT molecular complexity index is 616. The largest absolute Gasteiger partial charge is 0.336 e. The first-order chi connectivity index (χ1) is 10.0. The number of carbonyl (C=O) groups is 2. The molecule has 7 nitrogen and oxygen atoms in total. The minimum absolute atomic E-state index is 0.0605. The van der Waals surface area contributed by atoms with Gasteiger partial charge in [0.15, 0.2) is 0 Å². The number of likely N-dealkylation sites (tertiary alicyclic amines) is 1. The molecule has 1 aromatic rings. The summed E-state index contributed by atoms with van der Waals surface area (Å²) in [6.07, 6.45) is 1.06. The minimum atomic E-state index is -3.57. The molecule has 8 heteroatoms. The highest BCUT2D eigenvalue weighted by Gasteiger charge is 2.25. The molecule has 0 radical (unpaired) electrons. The van der Waals surface area contributed by atoms with E-state index in [4.69, 9.17) is 0 Å². The summed E-state index contributed by atoms with van der Waals surface area (Å²) in [4.78, 5) is 24.3. The highest BCUT2D eigenvalue weighted by Crippen LogP contribution is 2.09. The Labute approximate surface area is 123 Å². The third-order valence-electron chi connectivity index (χ3n) is 3.07. The van der Waals surface area contributed by atoms with E-state index in [0.717, 1.165) is 4.90 Å². The second-order valence-corrected chi connectivity index (χ2v) is 6.36. The van der Waals surface area contributed by atoms with Crippen molar-refractivity contribution in [1.29, 1.82) is 0 Å². The molecule has 1 heterocycles. The molecular formula is C13H17N3O4S. The summed E-state index contributed by atoms with van der Waals surface area (Å²) in [5.41, 5.74) is 0. The summed E-state index contributed by atoms with van der Waals surface area (Å²) < 4.78 is 26.2. The summed E-state index contributed by atoms with van der Waals surface area (Å²) in [6.45, 7) is 0.597. The van der Waals surface area contributed by atoms with Crippen molar-refractivity contribution in [1.82, 2.24) is 14.9 Å². The topological polar surface area (TPSA) is 95.6 Å². The number of carbonyl (C=O) groups excluding carboxylic acids is 2. The van der Waals surface area contributed by atoms with E-state index in [1.807, 2.05) is 0 Å². The van der Waals surface area contributed by atoms with Crippen molar-refractivity contribution in [2.24, 2.45) is 0 Å². The maximum absolute atomic E-state index is 11.9. The molecule has 1 fully saturated rings. The Kier molecular flexibility index (Phi) is 4.92. The Balaban J connectivity index is 1.77. The van der Waals surface area contributed by atoms with Gasteiger partial charge < -0.3 is 5.32 Å². The molecule has 1 aliphatic rings. The van der Waals surface area contributed by atoms with Crippen LogP contribution in [0.15, 0.2) is 35.2 Å². The molecule has 0 bridgehead atoms. The van der Waals surface area contributed by atoms with Gasteiger partial charge in [-0.2, -0.15) is 0 Å². The number of amides is 3. The first kappa shape index (κ1) is 15.5. The van der Waals surface area contributed by atoms with Crippen LogP contribution in [0.1, 0.15) is 12.8 Å². The van der Waals surface area contributed by atoms with Gasteiger partial charge in [-0.3, -0.25) is 9.69 Å². The maximum Gasteiger partial charge on any atom is 0.324 e. The van der Waals surface area contributed by atoms with Crippen LogP contribution in [-0.2, 0) is 14.8 Å². The Morgan fingerprint density at radius 2 is 1.90 bits per heavy atom. The van der Waals surface area contributed by atoms with Crippen molar-refractivity contribution in [3.63, 3.8) is 0 Å². The molecule has 0 aliphatic carbocycles. The molecule has 1 aliphatic heterocycles. The van der Waals surface area contributed by atoms with Gasteiger partial charge in [-0.15, -0.1) is 0 Å². The molecule has 2 rings (SSSR count). The van der Waals surface area contributed by atoms with E-state index >= 15 is 0 Å². The molecule has 0 saturated carbocycles. The second kappa shape index (κ2) is 6.68. The van der Waals surface area contributed by atoms with Gasteiger partial charge in [0.25, 0.3) is 0 Å². The Morgan fingerprint density at radius 3 is 2.52 bits per heavy atom. The van der Waals surface area contributed by atoms with Crippen LogP contribution < -0.4 is 10.0 Å². The number of hydrogen-bond acceptors (Lipinski definition) is 4. The number of rotatable bonds is 5. The molecule has 0 spiro atoms. The number of nitrogens with zero attached hydrogens (tertiary/aromatic N) is 1. The minimum Gasteiger partial charge on any atom is -0.336 e. The van der Waals surface area contributed by atoms with Crippen molar-refractivity contribution in [2.45, 2.75) is 17.7 Å². The highest BCUT2D eigenvalue weighted by molar-refractivity contribution is 7.89. The quantitative estimate of drug-likeness (QED) is 0.764. The predicted molar refractivity (Wildman–Crippen MR) is 76.0 cm³/mol. The monoisotopic (exact) mass is 311 g/mol. The number of hydrogen-bond donors (Lipinski definition) is 2. The van der Waals surface area contributed by atoms with E-state index in [0.29, 0.717) is 19.4 Å². The summed E-state index contributed by atoms with van der Waals surface area (Å²) in [5, 5.41) is 2.52. The molecule has 2 N–H and O–H groups in total.